The molecular weight excluding hydrogens is 338 g/mol. The minimum absolute atomic E-state index is 0.00147. The zero-order valence-electron chi connectivity index (χ0n) is 14.1. The minimum atomic E-state index is -0.450. The number of hydrogen-bond donors (Lipinski definition) is 1. The summed E-state index contributed by atoms with van der Waals surface area (Å²) in [6.07, 6.45) is 0. The number of fused-ring (bicyclic) bond motifs is 1. The number of nitrogens with zero attached hydrogens (tertiary/aromatic N) is 2. The number of thiophene rings is 1. The topological polar surface area (TPSA) is 95.2 Å². The van der Waals surface area contributed by atoms with Crippen LogP contribution in [0.25, 0.3) is 10.2 Å². The molecule has 7 heteroatoms. The van der Waals surface area contributed by atoms with Gasteiger partial charge in [-0.2, -0.15) is 0 Å². The Bertz CT molecular complexity index is 995. The number of carbonyl (C=O) groups excluding carboxylic acids is 2. The van der Waals surface area contributed by atoms with Crippen molar-refractivity contribution in [1.82, 2.24) is 9.97 Å². The predicted molar refractivity (Wildman–Crippen MR) is 97.1 cm³/mol. The molecule has 1 aromatic carbocycles. The van der Waals surface area contributed by atoms with E-state index >= 15 is 0 Å². The van der Waals surface area contributed by atoms with E-state index in [4.69, 9.17) is 10.5 Å². The molecule has 3 aromatic rings. The van der Waals surface area contributed by atoms with E-state index in [1.807, 2.05) is 26.0 Å². The summed E-state index contributed by atoms with van der Waals surface area (Å²) in [5, 5.41) is 0.508. The lowest BCUT2D eigenvalue weighted by Crippen LogP contribution is -2.10. The fourth-order valence-electron chi connectivity index (χ4n) is 2.54. The van der Waals surface area contributed by atoms with Crippen LogP contribution in [0.4, 0.5) is 5.95 Å². The van der Waals surface area contributed by atoms with Crippen molar-refractivity contribution in [1.29, 1.82) is 0 Å². The summed E-state index contributed by atoms with van der Waals surface area (Å²) < 4.78 is 5.01. The molecular formula is C18H17N3O3S. The highest BCUT2D eigenvalue weighted by Gasteiger charge is 2.22. The standard InChI is InChI=1S/C18H17N3O3S/c1-4-24-17(23)13-8-12-14(20-18(19)21-16(12)25-13)15(22)11-7-5-6-9(2)10(11)3/h5-8H,4H2,1-3H3,(H2,19,20,21). The second-order valence-corrected chi connectivity index (χ2v) is 6.59. The van der Waals surface area contributed by atoms with E-state index in [1.54, 1.807) is 19.1 Å². The molecule has 6 nitrogen and oxygen atoms in total. The molecule has 0 atom stereocenters. The lowest BCUT2D eigenvalue weighted by atomic mass is 9.97. The zero-order valence-corrected chi connectivity index (χ0v) is 14.9. The predicted octanol–water partition coefficient (Wildman–Crippen LogP) is 3.30. The average Bonchev–Trinajstić information content (AvgIpc) is 3.00. The van der Waals surface area contributed by atoms with Crippen LogP contribution in [-0.4, -0.2) is 28.3 Å². The SMILES string of the molecule is CCOC(=O)c1cc2c(C(=O)c3cccc(C)c3C)nc(N)nc2s1. The van der Waals surface area contributed by atoms with Crippen LogP contribution in [0.5, 0.6) is 0 Å². The molecule has 0 radical (unpaired) electrons. The van der Waals surface area contributed by atoms with Gasteiger partial charge in [0.15, 0.2) is 0 Å². The van der Waals surface area contributed by atoms with E-state index in [9.17, 15) is 9.59 Å². The van der Waals surface area contributed by atoms with E-state index in [0.29, 0.717) is 20.7 Å². The maximum Gasteiger partial charge on any atom is 0.348 e. The molecule has 0 aliphatic heterocycles. The number of esters is 1. The van der Waals surface area contributed by atoms with Gasteiger partial charge < -0.3 is 10.5 Å². The van der Waals surface area contributed by atoms with Crippen LogP contribution >= 0.6 is 11.3 Å². The number of hydrogen-bond acceptors (Lipinski definition) is 7. The Labute approximate surface area is 148 Å². The molecule has 128 valence electrons. The summed E-state index contributed by atoms with van der Waals surface area (Å²) in [4.78, 5) is 34.1. The van der Waals surface area contributed by atoms with Crippen LogP contribution in [0, 0.1) is 13.8 Å². The molecule has 2 aromatic heterocycles. The van der Waals surface area contributed by atoms with Crippen molar-refractivity contribution in [2.45, 2.75) is 20.8 Å². The van der Waals surface area contributed by atoms with Gasteiger partial charge in [0.25, 0.3) is 0 Å². The number of nitrogens with two attached hydrogens (primary N) is 1. The summed E-state index contributed by atoms with van der Waals surface area (Å²) in [6, 6.07) is 7.12. The summed E-state index contributed by atoms with van der Waals surface area (Å²) in [5.41, 5.74) is 8.43. The van der Waals surface area contributed by atoms with Gasteiger partial charge in [-0.3, -0.25) is 4.79 Å². The van der Waals surface area contributed by atoms with Gasteiger partial charge in [0.1, 0.15) is 15.4 Å². The van der Waals surface area contributed by atoms with Crippen molar-refractivity contribution in [3.05, 3.63) is 51.5 Å². The van der Waals surface area contributed by atoms with Gasteiger partial charge in [0, 0.05) is 10.9 Å². The van der Waals surface area contributed by atoms with Crippen LogP contribution < -0.4 is 5.73 Å². The zero-order chi connectivity index (χ0) is 18.1. The van der Waals surface area contributed by atoms with Gasteiger partial charge in [0.2, 0.25) is 11.7 Å². The molecule has 0 bridgehead atoms. The third-order valence-corrected chi connectivity index (χ3v) is 4.96. The van der Waals surface area contributed by atoms with Gasteiger partial charge in [-0.05, 0) is 38.0 Å². The Morgan fingerprint density at radius 2 is 2.00 bits per heavy atom. The van der Waals surface area contributed by atoms with Gasteiger partial charge >= 0.3 is 5.97 Å². The monoisotopic (exact) mass is 355 g/mol. The smallest absolute Gasteiger partial charge is 0.348 e. The normalized spacial score (nSPS) is 10.8. The quantitative estimate of drug-likeness (QED) is 0.570. The van der Waals surface area contributed by atoms with E-state index < -0.39 is 5.97 Å². The molecule has 0 aliphatic rings. The lowest BCUT2D eigenvalue weighted by molar-refractivity contribution is 0.0532. The molecule has 2 N–H and O–H groups in total. The number of rotatable bonds is 4. The third-order valence-electron chi connectivity index (χ3n) is 3.95. The molecule has 25 heavy (non-hydrogen) atoms. The van der Waals surface area contributed by atoms with Crippen molar-refractivity contribution in [3.63, 3.8) is 0 Å². The van der Waals surface area contributed by atoms with Gasteiger partial charge in [-0.25, -0.2) is 14.8 Å². The molecule has 0 saturated heterocycles. The van der Waals surface area contributed by atoms with Crippen LogP contribution in [0.3, 0.4) is 0 Å². The van der Waals surface area contributed by atoms with E-state index in [2.05, 4.69) is 9.97 Å². The van der Waals surface area contributed by atoms with Gasteiger partial charge in [-0.15, -0.1) is 11.3 Å². The fourth-order valence-corrected chi connectivity index (χ4v) is 3.47. The van der Waals surface area contributed by atoms with Crippen LogP contribution in [0.2, 0.25) is 0 Å². The number of ether oxygens (including phenoxy) is 1. The summed E-state index contributed by atoms with van der Waals surface area (Å²) in [5.74, 6) is -0.693. The Balaban J connectivity index is 2.16. The molecule has 0 amide bonds. The summed E-state index contributed by atoms with van der Waals surface area (Å²) >= 11 is 1.14. The molecule has 0 spiro atoms. The Hall–Kier alpha value is -2.80. The highest BCUT2D eigenvalue weighted by atomic mass is 32.1. The Kier molecular flexibility index (Phi) is 4.50. The first kappa shape index (κ1) is 17.0. The molecule has 0 unspecified atom stereocenters. The molecule has 0 saturated carbocycles. The lowest BCUT2D eigenvalue weighted by Gasteiger charge is -2.08. The molecule has 0 aliphatic carbocycles. The number of aryl methyl sites for hydroxylation is 1. The second-order valence-electron chi connectivity index (χ2n) is 5.56. The van der Waals surface area contributed by atoms with E-state index in [-0.39, 0.29) is 24.0 Å². The molecule has 3 rings (SSSR count). The number of carbonyl (C=O) groups is 2. The van der Waals surface area contributed by atoms with E-state index in [1.165, 1.54) is 0 Å². The van der Waals surface area contributed by atoms with Crippen molar-refractivity contribution in [2.75, 3.05) is 12.3 Å². The van der Waals surface area contributed by atoms with Crippen LogP contribution in [0.1, 0.15) is 43.8 Å². The first-order valence-corrected chi connectivity index (χ1v) is 8.59. The number of anilines is 1. The minimum Gasteiger partial charge on any atom is -0.462 e. The molecule has 2 heterocycles. The largest absolute Gasteiger partial charge is 0.462 e. The van der Waals surface area contributed by atoms with Gasteiger partial charge in [0.05, 0.1) is 6.61 Å². The highest BCUT2D eigenvalue weighted by Crippen LogP contribution is 2.29. The number of benzene rings is 1. The fraction of sp³-hybridized carbons (Fsp3) is 0.222. The second kappa shape index (κ2) is 6.60. The van der Waals surface area contributed by atoms with Gasteiger partial charge in [-0.1, -0.05) is 18.2 Å². The van der Waals surface area contributed by atoms with Crippen molar-refractivity contribution in [2.24, 2.45) is 0 Å². The first-order valence-electron chi connectivity index (χ1n) is 7.77. The van der Waals surface area contributed by atoms with Crippen molar-refractivity contribution >= 4 is 39.3 Å². The van der Waals surface area contributed by atoms with Crippen molar-refractivity contribution < 1.29 is 14.3 Å². The Morgan fingerprint density at radius 1 is 1.24 bits per heavy atom. The average molecular weight is 355 g/mol. The third kappa shape index (κ3) is 3.10. The summed E-state index contributed by atoms with van der Waals surface area (Å²) in [7, 11) is 0. The summed E-state index contributed by atoms with van der Waals surface area (Å²) in [6.45, 7) is 5.84. The Morgan fingerprint density at radius 3 is 2.72 bits per heavy atom. The van der Waals surface area contributed by atoms with Crippen LogP contribution in [-0.2, 0) is 4.74 Å². The maximum absolute atomic E-state index is 13.0. The first-order chi connectivity index (χ1) is 11.9. The van der Waals surface area contributed by atoms with Crippen LogP contribution in [0.15, 0.2) is 24.3 Å². The van der Waals surface area contributed by atoms with Crippen molar-refractivity contribution in [3.8, 4) is 0 Å². The number of nitrogen functional groups attached to an aromatic ring is 1. The maximum atomic E-state index is 13.0. The highest BCUT2D eigenvalue weighted by molar-refractivity contribution is 7.20. The number of aromatic nitrogens is 2. The van der Waals surface area contributed by atoms with E-state index in [0.717, 1.165) is 22.5 Å². The number of ketones is 1. The molecule has 0 fully saturated rings.